The Morgan fingerprint density at radius 3 is 2.38 bits per heavy atom. The number of nitrogens with one attached hydrogen (secondary N) is 1. The monoisotopic (exact) mass is 409 g/mol. The number of hydrogen-bond donors (Lipinski definition) is 1. The number of amides is 2. The molecule has 0 aliphatic carbocycles. The molecule has 1 heterocycles. The smallest absolute Gasteiger partial charge is 0.288 e. The third-order valence-electron chi connectivity index (χ3n) is 4.95. The van der Waals surface area contributed by atoms with Crippen LogP contribution in [0.25, 0.3) is 10.8 Å². The van der Waals surface area contributed by atoms with E-state index in [0.717, 1.165) is 16.3 Å². The van der Waals surface area contributed by atoms with E-state index in [1.54, 1.807) is 12.1 Å². The van der Waals surface area contributed by atoms with Gasteiger partial charge in [0.1, 0.15) is 0 Å². The molecule has 0 fully saturated rings. The van der Waals surface area contributed by atoms with Crippen molar-refractivity contribution in [1.82, 2.24) is 5.32 Å². The zero-order chi connectivity index (χ0) is 20.6. The third-order valence-corrected chi connectivity index (χ3v) is 6.28. The Kier molecular flexibility index (Phi) is 4.94. The number of imide groups is 1. The van der Waals surface area contributed by atoms with Gasteiger partial charge in [-0.25, -0.2) is 0 Å². The molecule has 0 saturated carbocycles. The van der Waals surface area contributed by atoms with Gasteiger partial charge in [-0.05, 0) is 48.2 Å². The Bertz CT molecular complexity index is 1230. The van der Waals surface area contributed by atoms with Crippen molar-refractivity contribution < 1.29 is 22.2 Å². The number of hydrogen-bond acceptors (Lipinski definition) is 5. The molecule has 4 rings (SSSR count). The molecule has 1 aliphatic heterocycles. The van der Waals surface area contributed by atoms with E-state index in [-0.39, 0.29) is 11.5 Å². The average molecular weight is 409 g/mol. The van der Waals surface area contributed by atoms with Crippen molar-refractivity contribution >= 4 is 32.7 Å². The minimum Gasteiger partial charge on any atom is -0.288 e. The van der Waals surface area contributed by atoms with Crippen molar-refractivity contribution in [3.05, 3.63) is 76.9 Å². The van der Waals surface area contributed by atoms with E-state index >= 15 is 0 Å². The van der Waals surface area contributed by atoms with Crippen LogP contribution in [0.1, 0.15) is 38.3 Å². The van der Waals surface area contributed by atoms with Gasteiger partial charge in [-0.15, -0.1) is 0 Å². The van der Waals surface area contributed by atoms with Crippen molar-refractivity contribution in [2.24, 2.45) is 0 Å². The Hall–Kier alpha value is -3.03. The lowest BCUT2D eigenvalue weighted by molar-refractivity contribution is 0.0879. The molecule has 7 heteroatoms. The summed E-state index contributed by atoms with van der Waals surface area (Å²) < 4.78 is 29.7. The van der Waals surface area contributed by atoms with Crippen LogP contribution in [0.5, 0.6) is 0 Å². The number of fused-ring (bicyclic) bond motifs is 3. The normalized spacial score (nSPS) is 13.6. The van der Waals surface area contributed by atoms with E-state index in [0.29, 0.717) is 29.5 Å². The molecule has 0 bridgehead atoms. The topological polar surface area (TPSA) is 89.5 Å². The van der Waals surface area contributed by atoms with Crippen LogP contribution < -0.4 is 5.32 Å². The lowest BCUT2D eigenvalue weighted by Gasteiger charge is -2.10. The van der Waals surface area contributed by atoms with Gasteiger partial charge in [-0.3, -0.25) is 19.1 Å². The Morgan fingerprint density at radius 1 is 0.931 bits per heavy atom. The van der Waals surface area contributed by atoms with Crippen LogP contribution in [0, 0.1) is 6.92 Å². The zero-order valence-corrected chi connectivity index (χ0v) is 16.6. The largest absolute Gasteiger partial charge is 0.296 e. The summed E-state index contributed by atoms with van der Waals surface area (Å²) in [5.74, 6) is -0.819. The predicted molar refractivity (Wildman–Crippen MR) is 108 cm³/mol. The van der Waals surface area contributed by atoms with Crippen LogP contribution in [0.2, 0.25) is 0 Å². The second-order valence-corrected chi connectivity index (χ2v) is 8.60. The highest BCUT2D eigenvalue weighted by molar-refractivity contribution is 7.86. The fourth-order valence-corrected chi connectivity index (χ4v) is 4.47. The summed E-state index contributed by atoms with van der Waals surface area (Å²) >= 11 is 0. The molecular weight excluding hydrogens is 390 g/mol. The van der Waals surface area contributed by atoms with Crippen LogP contribution in [0.4, 0.5) is 0 Å². The Labute approximate surface area is 168 Å². The first-order valence-electron chi connectivity index (χ1n) is 9.23. The Balaban J connectivity index is 1.52. The van der Waals surface area contributed by atoms with Crippen LogP contribution in [0.3, 0.4) is 0 Å². The van der Waals surface area contributed by atoms with Gasteiger partial charge in [0.05, 0.1) is 22.6 Å². The van der Waals surface area contributed by atoms with Crippen LogP contribution in [-0.4, -0.2) is 26.8 Å². The molecule has 6 nitrogen and oxygen atoms in total. The summed E-state index contributed by atoms with van der Waals surface area (Å²) in [5.41, 5.74) is 2.42. The first kappa shape index (κ1) is 19.3. The van der Waals surface area contributed by atoms with Crippen molar-refractivity contribution in [3.63, 3.8) is 0 Å². The van der Waals surface area contributed by atoms with E-state index in [1.165, 1.54) is 12.1 Å². The third kappa shape index (κ3) is 3.66. The first-order valence-corrected chi connectivity index (χ1v) is 10.6. The number of carbonyl (C=O) groups is 2. The molecular formula is C22H19NO5S. The van der Waals surface area contributed by atoms with E-state index in [1.807, 2.05) is 37.3 Å². The maximum atomic E-state index is 12.3. The van der Waals surface area contributed by atoms with Crippen LogP contribution in [0.15, 0.2) is 59.5 Å². The standard InChI is InChI=1S/C22H19NO5S/c1-14-8-10-17(11-9-14)29(26,27)28-12-4-6-16-13-15-5-2-3-7-18(15)20-19(16)21(24)23-22(20)25/h2-3,5,7-11,13H,4,6,12H2,1H3,(H,23,24,25). The number of aryl methyl sites for hydroxylation is 2. The van der Waals surface area contributed by atoms with Gasteiger partial charge in [-0.1, -0.05) is 48.0 Å². The summed E-state index contributed by atoms with van der Waals surface area (Å²) in [6, 6.07) is 15.7. The van der Waals surface area contributed by atoms with Gasteiger partial charge in [0.2, 0.25) is 0 Å². The lowest BCUT2D eigenvalue weighted by Crippen LogP contribution is -2.20. The molecule has 0 aromatic heterocycles. The highest BCUT2D eigenvalue weighted by atomic mass is 32.2. The van der Waals surface area contributed by atoms with Gasteiger partial charge >= 0.3 is 0 Å². The zero-order valence-electron chi connectivity index (χ0n) is 15.8. The minimum absolute atomic E-state index is 0.0205. The molecule has 3 aromatic rings. The molecule has 0 radical (unpaired) electrons. The second kappa shape index (κ2) is 7.42. The van der Waals surface area contributed by atoms with E-state index in [4.69, 9.17) is 4.18 Å². The summed E-state index contributed by atoms with van der Waals surface area (Å²) in [4.78, 5) is 24.6. The summed E-state index contributed by atoms with van der Waals surface area (Å²) in [7, 11) is -3.83. The average Bonchev–Trinajstić information content (AvgIpc) is 3.00. The summed E-state index contributed by atoms with van der Waals surface area (Å²) in [6.07, 6.45) is 0.800. The quantitative estimate of drug-likeness (QED) is 0.383. The van der Waals surface area contributed by atoms with Crippen molar-refractivity contribution in [2.75, 3.05) is 6.61 Å². The predicted octanol–water partition coefficient (Wildman–Crippen LogP) is 3.37. The van der Waals surface area contributed by atoms with Crippen LogP contribution in [-0.2, 0) is 20.7 Å². The lowest BCUT2D eigenvalue weighted by atomic mass is 9.93. The molecule has 0 saturated heterocycles. The summed E-state index contributed by atoms with van der Waals surface area (Å²) in [5, 5.41) is 3.94. The van der Waals surface area contributed by atoms with Gasteiger partial charge in [0, 0.05) is 0 Å². The first-order chi connectivity index (χ1) is 13.9. The number of rotatable bonds is 6. The van der Waals surface area contributed by atoms with Gasteiger partial charge in [0.25, 0.3) is 21.9 Å². The molecule has 0 spiro atoms. The van der Waals surface area contributed by atoms with E-state index < -0.39 is 21.9 Å². The molecule has 0 atom stereocenters. The molecule has 2 amide bonds. The van der Waals surface area contributed by atoms with Gasteiger partial charge < -0.3 is 0 Å². The van der Waals surface area contributed by atoms with Crippen molar-refractivity contribution in [2.45, 2.75) is 24.7 Å². The fourth-order valence-electron chi connectivity index (χ4n) is 3.53. The van der Waals surface area contributed by atoms with Crippen LogP contribution >= 0.6 is 0 Å². The number of carbonyl (C=O) groups excluding carboxylic acids is 2. The highest BCUT2D eigenvalue weighted by Crippen LogP contribution is 2.30. The molecule has 3 aromatic carbocycles. The van der Waals surface area contributed by atoms with Gasteiger partial charge in [0.15, 0.2) is 0 Å². The van der Waals surface area contributed by atoms with E-state index in [2.05, 4.69) is 5.32 Å². The molecule has 1 aliphatic rings. The fraction of sp³-hybridized carbons (Fsp3) is 0.182. The molecule has 1 N–H and O–H groups in total. The minimum atomic E-state index is -3.83. The summed E-state index contributed by atoms with van der Waals surface area (Å²) in [6.45, 7) is 1.85. The van der Waals surface area contributed by atoms with E-state index in [9.17, 15) is 18.0 Å². The highest BCUT2D eigenvalue weighted by Gasteiger charge is 2.31. The molecule has 148 valence electrons. The molecule has 0 unspecified atom stereocenters. The molecule has 29 heavy (non-hydrogen) atoms. The second-order valence-electron chi connectivity index (χ2n) is 6.98. The maximum absolute atomic E-state index is 12.3. The van der Waals surface area contributed by atoms with Crippen molar-refractivity contribution in [3.8, 4) is 0 Å². The SMILES string of the molecule is Cc1ccc(S(=O)(=O)OCCCc2cc3ccccc3c3c2C(=O)NC3=O)cc1. The Morgan fingerprint density at radius 2 is 1.62 bits per heavy atom. The van der Waals surface area contributed by atoms with Crippen molar-refractivity contribution in [1.29, 1.82) is 0 Å². The number of benzene rings is 3. The maximum Gasteiger partial charge on any atom is 0.296 e. The van der Waals surface area contributed by atoms with Gasteiger partial charge in [-0.2, -0.15) is 8.42 Å².